The number of ether oxygens (including phenoxy) is 1. The maximum atomic E-state index is 8.43. The summed E-state index contributed by atoms with van der Waals surface area (Å²) in [6.45, 7) is 0. The second kappa shape index (κ2) is 5.98. The Morgan fingerprint density at radius 2 is 1.68 bits per heavy atom. The molecule has 0 heterocycles. The summed E-state index contributed by atoms with van der Waals surface area (Å²) >= 11 is 0. The maximum Gasteiger partial charge on any atom is 0.199 e. The summed E-state index contributed by atoms with van der Waals surface area (Å²) in [5, 5.41) is 14.0. The first-order chi connectivity index (χ1) is 12.2. The van der Waals surface area contributed by atoms with Crippen LogP contribution in [-0.2, 0) is 0 Å². The number of nitrogens with one attached hydrogen (secondary N) is 2. The van der Waals surface area contributed by atoms with E-state index < -0.39 is 0 Å². The van der Waals surface area contributed by atoms with E-state index in [1.807, 2.05) is 36.2 Å². The van der Waals surface area contributed by atoms with Crippen LogP contribution in [0.15, 0.2) is 54.6 Å². The van der Waals surface area contributed by atoms with Gasteiger partial charge in [0.1, 0.15) is 5.75 Å². The lowest BCUT2D eigenvalue weighted by molar-refractivity contribution is 0.415. The third kappa shape index (κ3) is 2.62. The number of benzene rings is 3. The van der Waals surface area contributed by atoms with Gasteiger partial charge in [0.2, 0.25) is 0 Å². The molecule has 25 heavy (non-hydrogen) atoms. The van der Waals surface area contributed by atoms with E-state index in [-0.39, 0.29) is 0 Å². The fraction of sp³-hybridized carbons (Fsp3) is 0.0952. The molecule has 0 fully saturated rings. The summed E-state index contributed by atoms with van der Waals surface area (Å²) in [5.41, 5.74) is 4.33. The van der Waals surface area contributed by atoms with Crippen LogP contribution in [0.1, 0.15) is 11.1 Å². The minimum atomic E-state index is 0.317. The molecule has 2 N–H and O–H groups in total. The molecule has 1 aliphatic carbocycles. The van der Waals surface area contributed by atoms with Crippen LogP contribution in [0, 0.1) is 5.41 Å². The van der Waals surface area contributed by atoms with Crippen LogP contribution in [0.5, 0.6) is 5.75 Å². The lowest BCUT2D eigenvalue weighted by Crippen LogP contribution is -2.32. The number of anilines is 2. The van der Waals surface area contributed by atoms with Crippen molar-refractivity contribution in [2.24, 2.45) is 0 Å². The Hall–Kier alpha value is -3.27. The monoisotopic (exact) mass is 329 g/mol. The summed E-state index contributed by atoms with van der Waals surface area (Å²) in [6.07, 6.45) is 4.28. The average Bonchev–Trinajstić information content (AvgIpc) is 3.07. The van der Waals surface area contributed by atoms with Crippen LogP contribution in [0.25, 0.3) is 22.9 Å². The van der Waals surface area contributed by atoms with E-state index in [9.17, 15) is 0 Å². The summed E-state index contributed by atoms with van der Waals surface area (Å²) in [5.74, 6) is 1.11. The second-order valence-corrected chi connectivity index (χ2v) is 6.04. The van der Waals surface area contributed by atoms with Gasteiger partial charge >= 0.3 is 0 Å². The van der Waals surface area contributed by atoms with Crippen molar-refractivity contribution in [2.45, 2.75) is 0 Å². The highest BCUT2D eigenvalue weighted by molar-refractivity contribution is 6.14. The van der Waals surface area contributed by atoms with Crippen molar-refractivity contribution in [1.82, 2.24) is 0 Å². The van der Waals surface area contributed by atoms with Crippen molar-refractivity contribution in [2.75, 3.05) is 24.4 Å². The molecule has 4 rings (SSSR count). The van der Waals surface area contributed by atoms with Gasteiger partial charge < -0.3 is 15.0 Å². The Kier molecular flexibility index (Phi) is 3.65. The molecule has 0 atom stereocenters. The molecule has 3 aromatic carbocycles. The highest BCUT2D eigenvalue weighted by Gasteiger charge is 2.16. The zero-order chi connectivity index (χ0) is 17.4. The highest BCUT2D eigenvalue weighted by Crippen LogP contribution is 2.36. The summed E-state index contributed by atoms with van der Waals surface area (Å²) in [4.78, 5) is 1.87. The smallest absolute Gasteiger partial charge is 0.199 e. The first-order valence-electron chi connectivity index (χ1n) is 8.14. The zero-order valence-corrected chi connectivity index (χ0v) is 14.2. The molecule has 1 aliphatic rings. The summed E-state index contributed by atoms with van der Waals surface area (Å²) in [7, 11) is 3.55. The van der Waals surface area contributed by atoms with Crippen molar-refractivity contribution < 1.29 is 4.74 Å². The Labute approximate surface area is 146 Å². The van der Waals surface area contributed by atoms with Crippen molar-refractivity contribution in [1.29, 1.82) is 5.41 Å². The molecule has 4 heteroatoms. The third-order valence-corrected chi connectivity index (χ3v) is 4.57. The van der Waals surface area contributed by atoms with E-state index in [0.717, 1.165) is 22.5 Å². The second-order valence-electron chi connectivity index (χ2n) is 6.04. The van der Waals surface area contributed by atoms with E-state index in [0.29, 0.717) is 5.96 Å². The van der Waals surface area contributed by atoms with E-state index in [1.54, 1.807) is 7.11 Å². The highest BCUT2D eigenvalue weighted by atomic mass is 16.5. The van der Waals surface area contributed by atoms with Gasteiger partial charge in [0.15, 0.2) is 5.96 Å². The number of methoxy groups -OCH3 is 1. The lowest BCUT2D eigenvalue weighted by Gasteiger charge is -2.23. The van der Waals surface area contributed by atoms with Crippen LogP contribution < -0.4 is 15.0 Å². The molecule has 0 amide bonds. The topological polar surface area (TPSA) is 48.4 Å². The SMILES string of the molecule is COc1ccc(NC(=N)N(C)c2ccc3c4c(cccc24)C=C3)cc1. The number of hydrogen-bond acceptors (Lipinski definition) is 2. The van der Waals surface area contributed by atoms with Gasteiger partial charge in [0.25, 0.3) is 0 Å². The van der Waals surface area contributed by atoms with E-state index in [2.05, 4.69) is 47.8 Å². The predicted molar refractivity (Wildman–Crippen MR) is 106 cm³/mol. The minimum Gasteiger partial charge on any atom is -0.497 e. The molecule has 4 nitrogen and oxygen atoms in total. The lowest BCUT2D eigenvalue weighted by atomic mass is 10.0. The van der Waals surface area contributed by atoms with Crippen molar-refractivity contribution in [3.05, 3.63) is 65.7 Å². The Bertz CT molecular complexity index is 978. The van der Waals surface area contributed by atoms with Gasteiger partial charge in [-0.25, -0.2) is 0 Å². The molecule has 0 spiro atoms. The molecule has 0 saturated heterocycles. The third-order valence-electron chi connectivity index (χ3n) is 4.57. The molecule has 0 unspecified atom stereocenters. The van der Waals surface area contributed by atoms with Gasteiger partial charge in [-0.05, 0) is 46.8 Å². The quantitative estimate of drug-likeness (QED) is 0.419. The minimum absolute atomic E-state index is 0.317. The van der Waals surface area contributed by atoms with Crippen molar-refractivity contribution >= 4 is 40.3 Å². The van der Waals surface area contributed by atoms with Gasteiger partial charge in [-0.1, -0.05) is 36.4 Å². The molecular formula is C21H19N3O. The molecule has 0 radical (unpaired) electrons. The largest absolute Gasteiger partial charge is 0.497 e. The van der Waals surface area contributed by atoms with Gasteiger partial charge in [-0.15, -0.1) is 0 Å². The standard InChI is InChI=1S/C21H19N3O/c1-24(21(22)23-16-9-11-17(25-2)12-10-16)19-13-8-15-7-6-14-4-3-5-18(19)20(14)15/h3-13H,1-2H3,(H2,22,23). The van der Waals surface area contributed by atoms with Crippen LogP contribution in [0.4, 0.5) is 11.4 Å². The Balaban J connectivity index is 1.63. The molecule has 0 aromatic heterocycles. The Morgan fingerprint density at radius 1 is 0.960 bits per heavy atom. The van der Waals surface area contributed by atoms with Crippen molar-refractivity contribution in [3.8, 4) is 5.75 Å². The molecule has 0 aliphatic heterocycles. The summed E-state index contributed by atoms with van der Waals surface area (Å²) in [6, 6.07) is 18.0. The Morgan fingerprint density at radius 3 is 2.40 bits per heavy atom. The molecule has 0 bridgehead atoms. The fourth-order valence-electron chi connectivity index (χ4n) is 3.21. The van der Waals surface area contributed by atoms with Gasteiger partial charge in [-0.3, -0.25) is 5.41 Å². The van der Waals surface area contributed by atoms with E-state index in [4.69, 9.17) is 10.1 Å². The van der Waals surface area contributed by atoms with E-state index >= 15 is 0 Å². The van der Waals surface area contributed by atoms with Crippen LogP contribution >= 0.6 is 0 Å². The first kappa shape index (κ1) is 15.3. The van der Waals surface area contributed by atoms with Gasteiger partial charge in [0, 0.05) is 18.1 Å². The number of rotatable bonds is 3. The average molecular weight is 329 g/mol. The van der Waals surface area contributed by atoms with Crippen molar-refractivity contribution in [3.63, 3.8) is 0 Å². The first-order valence-corrected chi connectivity index (χ1v) is 8.14. The summed E-state index contributed by atoms with van der Waals surface area (Å²) < 4.78 is 5.17. The normalized spacial score (nSPS) is 11.6. The number of hydrogen-bond donors (Lipinski definition) is 2. The van der Waals surface area contributed by atoms with Crippen LogP contribution in [0.2, 0.25) is 0 Å². The predicted octanol–water partition coefficient (Wildman–Crippen LogP) is 4.82. The van der Waals surface area contributed by atoms with Gasteiger partial charge in [0.05, 0.1) is 12.8 Å². The van der Waals surface area contributed by atoms with E-state index in [1.165, 1.54) is 16.5 Å². The number of guanidine groups is 1. The maximum absolute atomic E-state index is 8.43. The molecule has 124 valence electrons. The molecule has 3 aromatic rings. The van der Waals surface area contributed by atoms with Crippen LogP contribution in [0.3, 0.4) is 0 Å². The van der Waals surface area contributed by atoms with Gasteiger partial charge in [-0.2, -0.15) is 0 Å². The fourth-order valence-corrected chi connectivity index (χ4v) is 3.21. The molecule has 0 saturated carbocycles. The molecular weight excluding hydrogens is 310 g/mol. The van der Waals surface area contributed by atoms with Crippen LogP contribution in [-0.4, -0.2) is 20.1 Å². The number of nitrogens with zero attached hydrogens (tertiary/aromatic N) is 1. The zero-order valence-electron chi connectivity index (χ0n) is 14.2.